The largest absolute Gasteiger partial charge is 0.462 e. The molecule has 0 radical (unpaired) electrons. The summed E-state index contributed by atoms with van der Waals surface area (Å²) in [6.45, 7) is 3.82. The van der Waals surface area contributed by atoms with E-state index >= 15 is 0 Å². The molecule has 400 valence electrons. The van der Waals surface area contributed by atoms with Crippen molar-refractivity contribution in [2.24, 2.45) is 10.3 Å². The van der Waals surface area contributed by atoms with Gasteiger partial charge in [-0.05, 0) is 164 Å². The molecule has 3 heterocycles. The summed E-state index contributed by atoms with van der Waals surface area (Å²) in [5.41, 5.74) is 11.0. The number of benzene rings is 6. The number of aryl methyl sites for hydroxylation is 1. The molecule has 0 unspecified atom stereocenters. The molecular formula is C54H39F5N10O7S3. The lowest BCUT2D eigenvalue weighted by atomic mass is 10.1. The highest BCUT2D eigenvalue weighted by atomic mass is 32.2. The molecule has 17 nitrogen and oxygen atoms in total. The van der Waals surface area contributed by atoms with E-state index in [-0.39, 0.29) is 62.1 Å². The average molecular weight is 1130 g/mol. The monoisotopic (exact) mass is 1130 g/mol. The maximum Gasteiger partial charge on any atom is 0.358 e. The van der Waals surface area contributed by atoms with Crippen LogP contribution in [0.1, 0.15) is 38.8 Å². The van der Waals surface area contributed by atoms with E-state index in [1.165, 1.54) is 91.3 Å². The Labute approximate surface area is 455 Å². The summed E-state index contributed by atoms with van der Waals surface area (Å²) in [6.07, 6.45) is 1.69. The molecule has 9 rings (SSSR count). The highest BCUT2D eigenvalue weighted by Crippen LogP contribution is 2.31. The predicted molar refractivity (Wildman–Crippen MR) is 285 cm³/mol. The van der Waals surface area contributed by atoms with Crippen molar-refractivity contribution in [3.8, 4) is 40.7 Å². The van der Waals surface area contributed by atoms with Crippen LogP contribution in [0.25, 0.3) is 32.7 Å². The summed E-state index contributed by atoms with van der Waals surface area (Å²) in [6, 6.07) is 39.0. The van der Waals surface area contributed by atoms with Crippen molar-refractivity contribution in [2.75, 3.05) is 12.3 Å². The van der Waals surface area contributed by atoms with Crippen molar-refractivity contribution < 1.29 is 49.4 Å². The van der Waals surface area contributed by atoms with Crippen LogP contribution in [0.5, 0.6) is 0 Å². The number of nitrogens with one attached hydrogen (secondary N) is 1. The van der Waals surface area contributed by atoms with Crippen LogP contribution in [0, 0.1) is 70.0 Å². The van der Waals surface area contributed by atoms with Gasteiger partial charge in [0.15, 0.2) is 16.3 Å². The topological polar surface area (TPSA) is 284 Å². The van der Waals surface area contributed by atoms with Gasteiger partial charge in [0, 0.05) is 22.3 Å². The highest BCUT2D eigenvalue weighted by molar-refractivity contribution is 7.86. The molecule has 0 saturated heterocycles. The molecule has 9 aromatic rings. The number of carbonyl (C=O) groups excluding carboxylic acids is 1. The molecule has 0 spiro atoms. The second-order valence-electron chi connectivity index (χ2n) is 15.4. The molecule has 0 bridgehead atoms. The van der Waals surface area contributed by atoms with Crippen LogP contribution in [0.15, 0.2) is 172 Å². The Bertz CT molecular complexity index is 3860. The summed E-state index contributed by atoms with van der Waals surface area (Å²) in [7, 11) is -4.11. The second kappa shape index (κ2) is 29.3. The number of hydrogen-bond acceptors (Lipinski definition) is 18. The zero-order chi connectivity index (χ0) is 57.5. The van der Waals surface area contributed by atoms with Crippen molar-refractivity contribution >= 4 is 66.5 Å². The third-order valence-electron chi connectivity index (χ3n) is 9.97. The smallest absolute Gasteiger partial charge is 0.358 e. The van der Waals surface area contributed by atoms with Crippen molar-refractivity contribution in [3.05, 3.63) is 218 Å². The number of nitrogens with two attached hydrogens (primary N) is 1. The Morgan fingerprint density at radius 3 is 1.65 bits per heavy atom. The number of nitrogen functional groups attached to an aromatic ring is 1. The first-order valence-corrected chi connectivity index (χ1v) is 25.4. The van der Waals surface area contributed by atoms with E-state index in [2.05, 4.69) is 33.3 Å². The Hall–Kier alpha value is -10.0. The molecule has 25 heteroatoms. The number of anilines is 1. The predicted octanol–water partition coefficient (Wildman–Crippen LogP) is 11.1. The molecule has 0 aliphatic carbocycles. The van der Waals surface area contributed by atoms with Gasteiger partial charge in [0.25, 0.3) is 5.56 Å². The van der Waals surface area contributed by atoms with E-state index in [1.807, 2.05) is 13.0 Å². The van der Waals surface area contributed by atoms with Crippen LogP contribution in [0.2, 0.25) is 0 Å². The molecule has 0 saturated carbocycles. The van der Waals surface area contributed by atoms with Gasteiger partial charge < -0.3 is 20.7 Å². The van der Waals surface area contributed by atoms with Crippen molar-refractivity contribution in [1.82, 2.24) is 18.7 Å². The van der Waals surface area contributed by atoms with E-state index in [0.29, 0.717) is 39.2 Å². The van der Waals surface area contributed by atoms with Gasteiger partial charge in [-0.25, -0.2) is 31.7 Å². The number of fused-ring (bicyclic) bond motifs is 1. The third-order valence-corrected chi connectivity index (χ3v) is 12.8. The fourth-order valence-electron chi connectivity index (χ4n) is 6.05. The lowest BCUT2D eigenvalue weighted by molar-refractivity contribution is 0.0533. The Balaban J connectivity index is 0.000000186. The molecule has 79 heavy (non-hydrogen) atoms. The van der Waals surface area contributed by atoms with Crippen LogP contribution >= 0.6 is 23.1 Å². The number of halogens is 5. The van der Waals surface area contributed by atoms with Gasteiger partial charge in [0.1, 0.15) is 67.7 Å². The van der Waals surface area contributed by atoms with Gasteiger partial charge in [0.2, 0.25) is 0 Å². The maximum atomic E-state index is 12.8. The van der Waals surface area contributed by atoms with Gasteiger partial charge in [0.05, 0.1) is 31.1 Å². The molecule has 0 atom stereocenters. The van der Waals surface area contributed by atoms with Crippen molar-refractivity contribution in [1.29, 1.82) is 15.8 Å². The first-order chi connectivity index (χ1) is 37.9. The molecule has 0 fully saturated rings. The lowest BCUT2D eigenvalue weighted by Crippen LogP contribution is -2.06. The number of H-pyrrole nitrogens is 1. The van der Waals surface area contributed by atoms with Gasteiger partial charge in [-0.2, -0.15) is 33.0 Å². The number of aromatic nitrogens is 4. The zero-order valence-corrected chi connectivity index (χ0v) is 43.5. The van der Waals surface area contributed by atoms with E-state index < -0.39 is 27.7 Å². The number of nitriles is 3. The van der Waals surface area contributed by atoms with Crippen LogP contribution in [-0.2, 0) is 25.6 Å². The maximum absolute atomic E-state index is 12.8. The average Bonchev–Trinajstić information content (AvgIpc) is 4.11. The number of hydrogen-bond donors (Lipinski definition) is 3. The first kappa shape index (κ1) is 59.9. The van der Waals surface area contributed by atoms with E-state index in [0.717, 1.165) is 51.9 Å². The summed E-state index contributed by atoms with van der Waals surface area (Å²) in [5.74, 6) is -2.26. The van der Waals surface area contributed by atoms with E-state index in [4.69, 9.17) is 31.5 Å². The minimum Gasteiger partial charge on any atom is -0.462 e. The Morgan fingerprint density at radius 2 is 1.16 bits per heavy atom. The van der Waals surface area contributed by atoms with E-state index in [1.54, 1.807) is 67.6 Å². The van der Waals surface area contributed by atoms with Crippen LogP contribution in [0.3, 0.4) is 0 Å². The number of oxime groups is 2. The number of rotatable bonds is 10. The molecule has 4 N–H and O–H groups in total. The van der Waals surface area contributed by atoms with E-state index in [9.17, 15) is 40.0 Å². The second-order valence-corrected chi connectivity index (χ2v) is 18.5. The number of esters is 1. The standard InChI is InChI=1S/C15H11FN2O3S.C12H11FN2O2S.C11H6FN3OS.C8H5FN2O.C8H6FN/c1-11-2-8-14(9-3-11)22(19,20)21-18-15(10-17)12-4-6-13(16)7-5-12;1-2-17-12(16)11-9(14)10(15-18-11)7-3-5-8(13)6-4-7;12-7-3-1-6(2-4-7)8-9-10(17-15-8)11(16)14-5-13-9;9-7-3-1-6(2-4-7)8(5-10)11-12;9-8-3-1-7(2-4-8)5-6-10/h2-9H,1H3;3-6H,2,14H2,1H3;1-5H,(H,13,14,16);1-4,12H;1-4H,5H2. The quantitative estimate of drug-likeness (QED) is 0.0377. The van der Waals surface area contributed by atoms with Crippen LogP contribution < -0.4 is 11.3 Å². The molecule has 6 aromatic carbocycles. The SMILES string of the molecule is CCOC(=O)c1snc(-c2ccc(F)cc2)c1N.Cc1ccc(S(=O)(=O)ON=C(C#N)c2ccc(F)cc2)cc1.N#CC(=NO)c1ccc(F)cc1.N#CCc1ccc(F)cc1.O=c1[nH]cnc2c(-c3ccc(F)cc3)nsc12. The Kier molecular flexibility index (Phi) is 22.2. The number of aromatic amines is 1. The summed E-state index contributed by atoms with van der Waals surface area (Å²) < 4.78 is 105. The number of nitrogens with zero attached hydrogens (tertiary/aromatic N) is 8. The van der Waals surface area contributed by atoms with Gasteiger partial charge in [-0.1, -0.05) is 40.1 Å². The molecule has 0 aliphatic rings. The zero-order valence-electron chi connectivity index (χ0n) is 41.0. The third kappa shape index (κ3) is 17.5. The highest BCUT2D eigenvalue weighted by Gasteiger charge is 2.20. The molecule has 0 amide bonds. The molecule has 3 aromatic heterocycles. The van der Waals surface area contributed by atoms with Gasteiger partial charge in [-0.3, -0.25) is 9.08 Å². The lowest BCUT2D eigenvalue weighted by Gasteiger charge is -2.03. The minimum absolute atomic E-state index is 0.0711. The summed E-state index contributed by atoms with van der Waals surface area (Å²) in [5, 5.41) is 40.1. The van der Waals surface area contributed by atoms with Crippen LogP contribution in [0.4, 0.5) is 27.6 Å². The van der Waals surface area contributed by atoms with Crippen LogP contribution in [-0.4, -0.2) is 56.3 Å². The molecule has 0 aliphatic heterocycles. The fourth-order valence-corrected chi connectivity index (χ4v) is 8.25. The number of ether oxygens (including phenoxy) is 1. The number of carbonyl (C=O) groups is 1. The van der Waals surface area contributed by atoms with Crippen molar-refractivity contribution in [2.45, 2.75) is 25.2 Å². The van der Waals surface area contributed by atoms with Gasteiger partial charge in [-0.15, -0.1) is 0 Å². The van der Waals surface area contributed by atoms with Gasteiger partial charge >= 0.3 is 16.1 Å². The first-order valence-electron chi connectivity index (χ1n) is 22.4. The normalized spacial score (nSPS) is 10.7. The molecular weight excluding hydrogens is 1090 g/mol. The van der Waals surface area contributed by atoms with Crippen molar-refractivity contribution in [3.63, 3.8) is 0 Å². The Morgan fingerprint density at radius 1 is 0.696 bits per heavy atom. The summed E-state index contributed by atoms with van der Waals surface area (Å²) in [4.78, 5) is 29.9. The minimum atomic E-state index is -4.11. The summed E-state index contributed by atoms with van der Waals surface area (Å²) >= 11 is 2.07. The fraction of sp³-hybridized carbons (Fsp3) is 0.0741.